The van der Waals surface area contributed by atoms with Crippen LogP contribution in [-0.4, -0.2) is 24.3 Å². The third-order valence-corrected chi connectivity index (χ3v) is 7.22. The van der Waals surface area contributed by atoms with Crippen LogP contribution in [0, 0.1) is 0 Å². The van der Waals surface area contributed by atoms with Crippen molar-refractivity contribution in [3.63, 3.8) is 0 Å². The second-order valence-corrected chi connectivity index (χ2v) is 9.58. The summed E-state index contributed by atoms with van der Waals surface area (Å²) in [7, 11) is 0. The van der Waals surface area contributed by atoms with Crippen molar-refractivity contribution < 1.29 is 0 Å². The predicted molar refractivity (Wildman–Crippen MR) is 169 cm³/mol. The smallest absolute Gasteiger partial charge is 0.164 e. The lowest BCUT2D eigenvalue weighted by atomic mass is 10.1. The van der Waals surface area contributed by atoms with Gasteiger partial charge < -0.3 is 0 Å². The zero-order chi connectivity index (χ0) is 27.8. The van der Waals surface area contributed by atoms with Gasteiger partial charge in [0.2, 0.25) is 0 Å². The minimum absolute atomic E-state index is 0.629. The summed E-state index contributed by atoms with van der Waals surface area (Å²) in [4.78, 5) is 19.8. The summed E-state index contributed by atoms with van der Waals surface area (Å²) in [5.41, 5.74) is 6.84. The Morgan fingerprint density at radius 2 is 0.927 bits per heavy atom. The molecule has 0 N–H and O–H groups in total. The topological polar surface area (TPSA) is 56.0 Å². The van der Waals surface area contributed by atoms with E-state index in [1.165, 1.54) is 10.8 Å². The van der Waals surface area contributed by atoms with E-state index in [2.05, 4.69) is 71.1 Å². The number of rotatable bonds is 3. The zero-order valence-corrected chi connectivity index (χ0v) is 22.9. The first kappa shape index (κ1) is 24.6. The Balaban J connectivity index is 0.00000135. The molecule has 196 valence electrons. The molecule has 0 unspecified atom stereocenters. The van der Waals surface area contributed by atoms with E-state index in [4.69, 9.17) is 19.9 Å². The molecule has 0 aliphatic carbocycles. The predicted octanol–water partition coefficient (Wildman–Crippen LogP) is 9.01. The Labute approximate surface area is 237 Å². The quantitative estimate of drug-likeness (QED) is 0.214. The van der Waals surface area contributed by atoms with Crippen LogP contribution in [-0.2, 0) is 0 Å². The summed E-state index contributed by atoms with van der Waals surface area (Å²) in [6, 6.07) is 43.3. The molecule has 0 aliphatic rings. The van der Waals surface area contributed by atoms with Gasteiger partial charge in [-0.3, -0.25) is 4.40 Å². The normalized spacial score (nSPS) is 11.2. The summed E-state index contributed by atoms with van der Waals surface area (Å²) in [5, 5.41) is 3.53. The van der Waals surface area contributed by atoms with Gasteiger partial charge in [-0.15, -0.1) is 0 Å². The molecule has 0 bridgehead atoms. The van der Waals surface area contributed by atoms with E-state index in [0.717, 1.165) is 44.3 Å². The summed E-state index contributed by atoms with van der Waals surface area (Å²) < 4.78 is 2.26. The van der Waals surface area contributed by atoms with Gasteiger partial charge in [0.1, 0.15) is 5.65 Å². The van der Waals surface area contributed by atoms with Crippen molar-refractivity contribution in [3.05, 3.63) is 127 Å². The number of nitrogens with zero attached hydrogens (tertiary/aromatic N) is 5. The van der Waals surface area contributed by atoms with Crippen LogP contribution < -0.4 is 0 Å². The number of imidazole rings is 1. The van der Waals surface area contributed by atoms with Crippen LogP contribution in [0.4, 0.5) is 0 Å². The van der Waals surface area contributed by atoms with Gasteiger partial charge in [0.15, 0.2) is 17.5 Å². The van der Waals surface area contributed by atoms with Gasteiger partial charge >= 0.3 is 0 Å². The lowest BCUT2D eigenvalue weighted by Gasteiger charge is -2.10. The van der Waals surface area contributed by atoms with Crippen molar-refractivity contribution in [2.24, 2.45) is 0 Å². The Morgan fingerprint density at radius 3 is 1.56 bits per heavy atom. The molecule has 0 saturated heterocycles. The van der Waals surface area contributed by atoms with E-state index < -0.39 is 0 Å². The van der Waals surface area contributed by atoms with Crippen molar-refractivity contribution in [2.75, 3.05) is 0 Å². The maximum atomic E-state index is 5.07. The summed E-state index contributed by atoms with van der Waals surface area (Å²) in [5.74, 6) is 1.92. The van der Waals surface area contributed by atoms with Gasteiger partial charge in [-0.25, -0.2) is 19.9 Å². The monoisotopic (exact) mass is 529 g/mol. The van der Waals surface area contributed by atoms with E-state index in [1.54, 1.807) is 0 Å². The van der Waals surface area contributed by atoms with Crippen molar-refractivity contribution in [1.82, 2.24) is 24.3 Å². The molecule has 0 amide bonds. The van der Waals surface area contributed by atoms with Gasteiger partial charge in [-0.05, 0) is 29.7 Å². The number of aromatic nitrogens is 5. The van der Waals surface area contributed by atoms with Crippen LogP contribution in [0.5, 0.6) is 0 Å². The first-order valence-electron chi connectivity index (χ1n) is 13.9. The highest BCUT2D eigenvalue weighted by Gasteiger charge is 2.16. The largest absolute Gasteiger partial charge is 0.292 e. The van der Waals surface area contributed by atoms with Gasteiger partial charge in [0.05, 0.1) is 16.6 Å². The van der Waals surface area contributed by atoms with E-state index in [1.807, 2.05) is 74.5 Å². The molecule has 0 radical (unpaired) electrons. The Morgan fingerprint density at radius 1 is 0.415 bits per heavy atom. The third-order valence-electron chi connectivity index (χ3n) is 7.22. The molecule has 0 atom stereocenters. The maximum Gasteiger partial charge on any atom is 0.164 e. The molecule has 0 aliphatic heterocycles. The molecule has 3 heterocycles. The third kappa shape index (κ3) is 4.19. The van der Waals surface area contributed by atoms with Crippen LogP contribution in [0.1, 0.15) is 13.8 Å². The van der Waals surface area contributed by atoms with E-state index in [0.29, 0.717) is 17.5 Å². The molecule has 8 rings (SSSR count). The van der Waals surface area contributed by atoms with Crippen LogP contribution >= 0.6 is 0 Å². The number of hydrogen-bond acceptors (Lipinski definition) is 4. The van der Waals surface area contributed by atoms with Crippen LogP contribution in [0.3, 0.4) is 0 Å². The molecule has 5 heteroatoms. The molecule has 0 fully saturated rings. The van der Waals surface area contributed by atoms with Crippen molar-refractivity contribution >= 4 is 38.4 Å². The maximum absolute atomic E-state index is 5.07. The van der Waals surface area contributed by atoms with Crippen molar-refractivity contribution in [2.45, 2.75) is 13.8 Å². The fraction of sp³-hybridized carbons (Fsp3) is 0.0556. The van der Waals surface area contributed by atoms with Crippen molar-refractivity contribution in [3.8, 4) is 34.2 Å². The standard InChI is InChI=1S/C34H21N5.C2H6/c1-3-11-22(12-4-1)31-36-32(23-13-5-2-6-14-23)38-33(37-31)24-19-20-28-30(21-24)39-29-18-10-9-16-26(29)25-15-7-8-17-27(25)34(39)35-28;1-2/h1-21H;1-2H3. The van der Waals surface area contributed by atoms with E-state index >= 15 is 0 Å². The first-order valence-corrected chi connectivity index (χ1v) is 13.9. The molecular formula is C36H27N5. The van der Waals surface area contributed by atoms with Gasteiger partial charge in [-0.2, -0.15) is 0 Å². The first-order chi connectivity index (χ1) is 20.3. The van der Waals surface area contributed by atoms with E-state index in [9.17, 15) is 0 Å². The molecular weight excluding hydrogens is 502 g/mol. The molecule has 5 aromatic carbocycles. The summed E-state index contributed by atoms with van der Waals surface area (Å²) in [6.45, 7) is 4.00. The van der Waals surface area contributed by atoms with Crippen molar-refractivity contribution in [1.29, 1.82) is 0 Å². The minimum atomic E-state index is 0.629. The number of benzene rings is 5. The number of pyridine rings is 1. The summed E-state index contributed by atoms with van der Waals surface area (Å²) >= 11 is 0. The molecule has 0 spiro atoms. The second kappa shape index (κ2) is 10.3. The summed E-state index contributed by atoms with van der Waals surface area (Å²) in [6.07, 6.45) is 0. The van der Waals surface area contributed by atoms with Gasteiger partial charge in [-0.1, -0.05) is 117 Å². The highest BCUT2D eigenvalue weighted by molar-refractivity contribution is 6.13. The van der Waals surface area contributed by atoms with E-state index in [-0.39, 0.29) is 0 Å². The SMILES string of the molecule is CC.c1ccc(-c2nc(-c3ccccc3)nc(-c3ccc4nc5c6ccccc6c6ccccc6n5c4c3)n2)cc1. The highest BCUT2D eigenvalue weighted by Crippen LogP contribution is 2.34. The van der Waals surface area contributed by atoms with Gasteiger partial charge in [0.25, 0.3) is 0 Å². The molecule has 3 aromatic heterocycles. The Kier molecular flexibility index (Phi) is 6.17. The lowest BCUT2D eigenvalue weighted by molar-refractivity contribution is 1.07. The van der Waals surface area contributed by atoms with Crippen LogP contribution in [0.15, 0.2) is 127 Å². The fourth-order valence-corrected chi connectivity index (χ4v) is 5.39. The average Bonchev–Trinajstić information content (AvgIpc) is 3.46. The Bertz CT molecular complexity index is 2110. The van der Waals surface area contributed by atoms with Crippen LogP contribution in [0.2, 0.25) is 0 Å². The fourth-order valence-electron chi connectivity index (χ4n) is 5.39. The minimum Gasteiger partial charge on any atom is -0.292 e. The average molecular weight is 530 g/mol. The molecule has 0 saturated carbocycles. The molecule has 41 heavy (non-hydrogen) atoms. The van der Waals surface area contributed by atoms with Crippen LogP contribution in [0.25, 0.3) is 72.5 Å². The molecule has 5 nitrogen and oxygen atoms in total. The molecule has 8 aromatic rings. The Hall–Kier alpha value is -5.42. The second-order valence-electron chi connectivity index (χ2n) is 9.58. The number of para-hydroxylation sites is 1. The zero-order valence-electron chi connectivity index (χ0n) is 22.9. The highest BCUT2D eigenvalue weighted by atomic mass is 15.0. The number of hydrogen-bond donors (Lipinski definition) is 0. The number of fused-ring (bicyclic) bond motifs is 8. The lowest BCUT2D eigenvalue weighted by Crippen LogP contribution is -2.00. The van der Waals surface area contributed by atoms with Gasteiger partial charge in [0, 0.05) is 27.5 Å².